The Balaban J connectivity index is 2.39. The van der Waals surface area contributed by atoms with Crippen LogP contribution < -0.4 is 5.32 Å². The van der Waals surface area contributed by atoms with Crippen molar-refractivity contribution in [2.24, 2.45) is 0 Å². The first kappa shape index (κ1) is 14.1. The topological polar surface area (TPSA) is 75.1 Å². The van der Waals surface area contributed by atoms with Crippen molar-refractivity contribution in [2.45, 2.75) is 5.16 Å². The zero-order chi connectivity index (χ0) is 13.8. The molecule has 0 saturated heterocycles. The van der Waals surface area contributed by atoms with Crippen LogP contribution in [0.5, 0.6) is 0 Å². The highest BCUT2D eigenvalue weighted by Crippen LogP contribution is 2.22. The molecular weight excluding hydrogens is 377 g/mol. The van der Waals surface area contributed by atoms with Crippen molar-refractivity contribution in [3.8, 4) is 0 Å². The molecule has 19 heavy (non-hydrogen) atoms. The summed E-state index contributed by atoms with van der Waals surface area (Å²) < 4.78 is 1.05. The second kappa shape index (κ2) is 6.20. The second-order valence-electron chi connectivity index (χ2n) is 3.56. The standard InChI is InChI=1S/C12H10IN3O2S/c1-19-12-14-6-9(11(17)18)10(16-12)15-8-4-2-3-7(13)5-8/h2-6H,1H3,(H,17,18)(H,14,15,16). The first-order valence-electron chi connectivity index (χ1n) is 5.27. The van der Waals surface area contributed by atoms with Gasteiger partial charge < -0.3 is 10.4 Å². The molecule has 0 amide bonds. The molecule has 7 heteroatoms. The monoisotopic (exact) mass is 387 g/mol. The Bertz CT molecular complexity index is 622. The third-order valence-electron chi connectivity index (χ3n) is 2.27. The summed E-state index contributed by atoms with van der Waals surface area (Å²) >= 11 is 3.55. The molecule has 0 saturated carbocycles. The summed E-state index contributed by atoms with van der Waals surface area (Å²) in [4.78, 5) is 19.3. The average molecular weight is 387 g/mol. The predicted molar refractivity (Wildman–Crippen MR) is 83.2 cm³/mol. The number of aromatic nitrogens is 2. The van der Waals surface area contributed by atoms with E-state index in [4.69, 9.17) is 5.11 Å². The van der Waals surface area contributed by atoms with E-state index < -0.39 is 5.97 Å². The smallest absolute Gasteiger partial charge is 0.341 e. The number of thioether (sulfide) groups is 1. The van der Waals surface area contributed by atoms with Crippen LogP contribution in [0.4, 0.5) is 11.5 Å². The van der Waals surface area contributed by atoms with Crippen molar-refractivity contribution < 1.29 is 9.90 Å². The molecule has 1 aromatic carbocycles. The molecule has 0 aliphatic carbocycles. The van der Waals surface area contributed by atoms with Crippen LogP contribution >= 0.6 is 34.4 Å². The van der Waals surface area contributed by atoms with E-state index in [0.717, 1.165) is 9.26 Å². The molecule has 98 valence electrons. The number of aromatic carboxylic acids is 1. The van der Waals surface area contributed by atoms with Crippen LogP contribution in [-0.2, 0) is 0 Å². The maximum absolute atomic E-state index is 11.2. The van der Waals surface area contributed by atoms with Crippen LogP contribution in [0.3, 0.4) is 0 Å². The normalized spacial score (nSPS) is 10.2. The molecule has 0 radical (unpaired) electrons. The van der Waals surface area contributed by atoms with Gasteiger partial charge in [-0.2, -0.15) is 0 Å². The Morgan fingerprint density at radius 1 is 1.47 bits per heavy atom. The van der Waals surface area contributed by atoms with Gasteiger partial charge in [0.05, 0.1) is 0 Å². The van der Waals surface area contributed by atoms with Crippen LogP contribution in [0.15, 0.2) is 35.6 Å². The van der Waals surface area contributed by atoms with Crippen molar-refractivity contribution in [1.29, 1.82) is 0 Å². The number of hydrogen-bond donors (Lipinski definition) is 2. The van der Waals surface area contributed by atoms with Gasteiger partial charge >= 0.3 is 5.97 Å². The van der Waals surface area contributed by atoms with Crippen molar-refractivity contribution in [2.75, 3.05) is 11.6 Å². The van der Waals surface area contributed by atoms with Gasteiger partial charge in [-0.25, -0.2) is 14.8 Å². The van der Waals surface area contributed by atoms with Crippen LogP contribution in [0.1, 0.15) is 10.4 Å². The van der Waals surface area contributed by atoms with E-state index in [1.165, 1.54) is 18.0 Å². The van der Waals surface area contributed by atoms with Gasteiger partial charge in [0, 0.05) is 15.5 Å². The average Bonchev–Trinajstić information content (AvgIpc) is 2.38. The third kappa shape index (κ3) is 3.57. The molecule has 1 heterocycles. The van der Waals surface area contributed by atoms with Crippen LogP contribution in [-0.4, -0.2) is 27.3 Å². The number of benzene rings is 1. The molecule has 2 aromatic rings. The zero-order valence-corrected chi connectivity index (χ0v) is 12.9. The minimum atomic E-state index is -1.05. The number of carboxylic acids is 1. The Morgan fingerprint density at radius 3 is 2.89 bits per heavy atom. The summed E-state index contributed by atoms with van der Waals surface area (Å²) in [6.45, 7) is 0. The van der Waals surface area contributed by atoms with Gasteiger partial charge in [0.25, 0.3) is 0 Å². The molecule has 5 nitrogen and oxygen atoms in total. The van der Waals surface area contributed by atoms with Gasteiger partial charge in [-0.05, 0) is 47.0 Å². The van der Waals surface area contributed by atoms with E-state index in [-0.39, 0.29) is 5.56 Å². The summed E-state index contributed by atoms with van der Waals surface area (Å²) in [7, 11) is 0. The van der Waals surface area contributed by atoms with E-state index in [1.54, 1.807) is 0 Å². The van der Waals surface area contributed by atoms with Crippen LogP contribution in [0.2, 0.25) is 0 Å². The molecule has 0 bridgehead atoms. The van der Waals surface area contributed by atoms with Gasteiger partial charge in [0.2, 0.25) is 0 Å². The number of nitrogens with zero attached hydrogens (tertiary/aromatic N) is 2. The number of nitrogens with one attached hydrogen (secondary N) is 1. The number of rotatable bonds is 4. The van der Waals surface area contributed by atoms with Crippen LogP contribution in [0.25, 0.3) is 0 Å². The van der Waals surface area contributed by atoms with Crippen molar-refractivity contribution in [3.05, 3.63) is 39.6 Å². The van der Waals surface area contributed by atoms with E-state index in [2.05, 4.69) is 37.9 Å². The molecule has 0 unspecified atom stereocenters. The molecular formula is C12H10IN3O2S. The summed E-state index contributed by atoms with van der Waals surface area (Å²) in [5.41, 5.74) is 0.844. The summed E-state index contributed by atoms with van der Waals surface area (Å²) in [5.74, 6) is -0.755. The Morgan fingerprint density at radius 2 is 2.26 bits per heavy atom. The third-order valence-corrected chi connectivity index (χ3v) is 3.50. The summed E-state index contributed by atoms with van der Waals surface area (Å²) in [5, 5.41) is 12.7. The van der Waals surface area contributed by atoms with Crippen LogP contribution in [0, 0.1) is 3.57 Å². The molecule has 1 aromatic heterocycles. The Kier molecular flexibility index (Phi) is 4.59. The molecule has 0 aliphatic rings. The number of anilines is 2. The van der Waals surface area contributed by atoms with Gasteiger partial charge in [-0.1, -0.05) is 17.8 Å². The maximum atomic E-state index is 11.2. The zero-order valence-electron chi connectivity index (χ0n) is 9.92. The minimum Gasteiger partial charge on any atom is -0.477 e. The van der Waals surface area contributed by atoms with Gasteiger partial charge in [-0.15, -0.1) is 0 Å². The highest BCUT2D eigenvalue weighted by Gasteiger charge is 2.13. The second-order valence-corrected chi connectivity index (χ2v) is 5.58. The quantitative estimate of drug-likeness (QED) is 0.477. The number of hydrogen-bond acceptors (Lipinski definition) is 5. The Labute approximate surface area is 128 Å². The first-order chi connectivity index (χ1) is 9.10. The van der Waals surface area contributed by atoms with Crippen molar-refractivity contribution in [1.82, 2.24) is 9.97 Å². The summed E-state index contributed by atoms with van der Waals surface area (Å²) in [6.07, 6.45) is 3.16. The predicted octanol–water partition coefficient (Wildman–Crippen LogP) is 3.24. The molecule has 0 fully saturated rings. The first-order valence-corrected chi connectivity index (χ1v) is 7.57. The highest BCUT2D eigenvalue weighted by molar-refractivity contribution is 14.1. The molecule has 2 rings (SSSR count). The van der Waals surface area contributed by atoms with Crippen molar-refractivity contribution >= 4 is 51.8 Å². The van der Waals surface area contributed by atoms with Gasteiger partial charge in [0.1, 0.15) is 11.4 Å². The van der Waals surface area contributed by atoms with Gasteiger partial charge in [-0.3, -0.25) is 0 Å². The largest absolute Gasteiger partial charge is 0.477 e. The highest BCUT2D eigenvalue weighted by atomic mass is 127. The maximum Gasteiger partial charge on any atom is 0.341 e. The van der Waals surface area contributed by atoms with Gasteiger partial charge in [0.15, 0.2) is 5.16 Å². The van der Waals surface area contributed by atoms with E-state index in [1.807, 2.05) is 30.5 Å². The lowest BCUT2D eigenvalue weighted by molar-refractivity contribution is 0.0697. The molecule has 0 aliphatic heterocycles. The fourth-order valence-corrected chi connectivity index (χ4v) is 2.30. The minimum absolute atomic E-state index is 0.0525. The molecule has 2 N–H and O–H groups in total. The lowest BCUT2D eigenvalue weighted by Crippen LogP contribution is -2.07. The Hall–Kier alpha value is -1.35. The SMILES string of the molecule is CSc1ncc(C(=O)O)c(Nc2cccc(I)c2)n1. The van der Waals surface area contributed by atoms with E-state index in [9.17, 15) is 4.79 Å². The fourth-order valence-electron chi connectivity index (χ4n) is 1.42. The molecule has 0 atom stereocenters. The number of carboxylic acid groups (broad SMARTS) is 1. The van der Waals surface area contributed by atoms with E-state index >= 15 is 0 Å². The lowest BCUT2D eigenvalue weighted by Gasteiger charge is -2.09. The summed E-state index contributed by atoms with van der Waals surface area (Å²) in [6, 6.07) is 7.61. The number of carbonyl (C=O) groups is 1. The van der Waals surface area contributed by atoms with E-state index in [0.29, 0.717) is 11.0 Å². The number of halogens is 1. The van der Waals surface area contributed by atoms with Crippen molar-refractivity contribution in [3.63, 3.8) is 0 Å². The molecule has 0 spiro atoms. The fraction of sp³-hybridized carbons (Fsp3) is 0.0833. The lowest BCUT2D eigenvalue weighted by atomic mass is 10.3.